The van der Waals surface area contributed by atoms with Crippen molar-refractivity contribution in [3.8, 4) is 0 Å². The van der Waals surface area contributed by atoms with Gasteiger partial charge in [-0.25, -0.2) is 0 Å². The highest BCUT2D eigenvalue weighted by Crippen LogP contribution is 2.68. The minimum Gasteiger partial charge on any atom is -0.293 e. The number of benzene rings is 1. The Morgan fingerprint density at radius 2 is 1.97 bits per heavy atom. The number of carbonyl (C=O) groups is 1. The van der Waals surface area contributed by atoms with Crippen LogP contribution in [-0.4, -0.2) is 23.0 Å². The van der Waals surface area contributed by atoms with Crippen LogP contribution in [0.3, 0.4) is 0 Å². The van der Waals surface area contributed by atoms with E-state index in [1.807, 2.05) is 12.1 Å². The molecule has 4 rings (SSSR count). The Balaban J connectivity index is 1.49. The molecule has 1 unspecified atom stereocenters. The SMILES string of the molecule is CCCCN1N=C(C(=O)C[C@H]2C[C@H]3CC[C@]2(C)C3(C)C)CC1c1ccc(Cl)cc1. The minimum absolute atomic E-state index is 0.157. The summed E-state index contributed by atoms with van der Waals surface area (Å²) in [6.45, 7) is 10.4. The van der Waals surface area contributed by atoms with Crippen molar-refractivity contribution in [1.82, 2.24) is 5.01 Å². The van der Waals surface area contributed by atoms with Crippen LogP contribution < -0.4 is 0 Å². The van der Waals surface area contributed by atoms with Gasteiger partial charge >= 0.3 is 0 Å². The Hall–Kier alpha value is -1.35. The van der Waals surface area contributed by atoms with Gasteiger partial charge in [0.25, 0.3) is 0 Å². The van der Waals surface area contributed by atoms with Crippen molar-refractivity contribution in [1.29, 1.82) is 0 Å². The normalized spacial score (nSPS) is 32.7. The summed E-state index contributed by atoms with van der Waals surface area (Å²) in [5.74, 6) is 1.56. The second-order valence-corrected chi connectivity index (χ2v) is 10.7. The molecule has 0 aromatic heterocycles. The molecule has 2 bridgehead atoms. The molecule has 3 aliphatic rings. The molecule has 1 heterocycles. The fourth-order valence-corrected chi connectivity index (χ4v) is 6.37. The number of ketones is 1. The Labute approximate surface area is 180 Å². The number of halogens is 1. The molecule has 1 aromatic carbocycles. The average Bonchev–Trinajstić information content (AvgIpc) is 3.26. The molecule has 0 radical (unpaired) electrons. The molecule has 1 aromatic rings. The third-order valence-corrected chi connectivity index (χ3v) is 8.97. The number of hydrogen-bond acceptors (Lipinski definition) is 3. The Bertz CT molecular complexity index is 800. The molecule has 2 fully saturated rings. The van der Waals surface area contributed by atoms with Gasteiger partial charge in [0.15, 0.2) is 5.78 Å². The second kappa shape index (κ2) is 7.72. The van der Waals surface area contributed by atoms with E-state index < -0.39 is 0 Å². The lowest BCUT2D eigenvalue weighted by molar-refractivity contribution is -0.115. The number of unbranched alkanes of at least 4 members (excludes halogenated alkanes) is 1. The van der Waals surface area contributed by atoms with Crippen molar-refractivity contribution in [2.45, 2.75) is 78.7 Å². The van der Waals surface area contributed by atoms with Crippen molar-refractivity contribution in [3.05, 3.63) is 34.9 Å². The summed E-state index contributed by atoms with van der Waals surface area (Å²) in [5.41, 5.74) is 2.63. The van der Waals surface area contributed by atoms with Crippen molar-refractivity contribution >= 4 is 23.1 Å². The van der Waals surface area contributed by atoms with Crippen molar-refractivity contribution in [3.63, 3.8) is 0 Å². The van der Waals surface area contributed by atoms with E-state index in [0.717, 1.165) is 42.5 Å². The number of hydrogen-bond donors (Lipinski definition) is 0. The first-order chi connectivity index (χ1) is 13.8. The van der Waals surface area contributed by atoms with E-state index in [9.17, 15) is 4.79 Å². The summed E-state index contributed by atoms with van der Waals surface area (Å²) in [4.78, 5) is 13.3. The summed E-state index contributed by atoms with van der Waals surface area (Å²) >= 11 is 6.08. The van der Waals surface area contributed by atoms with E-state index >= 15 is 0 Å². The van der Waals surface area contributed by atoms with Crippen LogP contribution in [0.5, 0.6) is 0 Å². The molecular formula is C25H35ClN2O. The topological polar surface area (TPSA) is 32.7 Å². The van der Waals surface area contributed by atoms with Gasteiger partial charge in [-0.15, -0.1) is 0 Å². The first kappa shape index (κ1) is 20.9. The lowest BCUT2D eigenvalue weighted by atomic mass is 9.65. The zero-order chi connectivity index (χ0) is 20.8. The quantitative estimate of drug-likeness (QED) is 0.499. The number of hydrazone groups is 1. The number of carbonyl (C=O) groups excluding carboxylic acids is 1. The smallest absolute Gasteiger partial charge is 0.179 e. The van der Waals surface area contributed by atoms with E-state index in [1.165, 1.54) is 24.8 Å². The number of rotatable bonds is 7. The molecule has 0 amide bonds. The standard InChI is InChI=1S/C25H35ClN2O/c1-5-6-13-28-22(17-7-9-20(26)10-8-17)16-21(27-28)23(29)15-19-14-18-11-12-25(19,4)24(18,2)3/h7-10,18-19,22H,5-6,11-16H2,1-4H3/t18-,19-,22?,25+/m1/s1. The van der Waals surface area contributed by atoms with Crippen LogP contribution in [-0.2, 0) is 4.79 Å². The number of nitrogens with zero attached hydrogens (tertiary/aromatic N) is 2. The van der Waals surface area contributed by atoms with Crippen LogP contribution in [0, 0.1) is 22.7 Å². The monoisotopic (exact) mass is 414 g/mol. The molecule has 2 aliphatic carbocycles. The zero-order valence-electron chi connectivity index (χ0n) is 18.4. The maximum Gasteiger partial charge on any atom is 0.179 e. The summed E-state index contributed by atoms with van der Waals surface area (Å²) in [6.07, 6.45) is 7.42. The van der Waals surface area contributed by atoms with Crippen molar-refractivity contribution < 1.29 is 4.79 Å². The van der Waals surface area contributed by atoms with Crippen molar-refractivity contribution in [2.24, 2.45) is 27.8 Å². The molecule has 0 saturated heterocycles. The van der Waals surface area contributed by atoms with Gasteiger partial charge < -0.3 is 0 Å². The molecule has 4 atom stereocenters. The molecule has 3 nitrogen and oxygen atoms in total. The van der Waals surface area contributed by atoms with E-state index in [0.29, 0.717) is 23.2 Å². The predicted molar refractivity (Wildman–Crippen MR) is 120 cm³/mol. The summed E-state index contributed by atoms with van der Waals surface area (Å²) < 4.78 is 0. The van der Waals surface area contributed by atoms with E-state index in [-0.39, 0.29) is 11.8 Å². The summed E-state index contributed by atoms with van der Waals surface area (Å²) in [5, 5.41) is 7.73. The fourth-order valence-electron chi connectivity index (χ4n) is 6.24. The molecule has 0 N–H and O–H groups in total. The first-order valence-electron chi connectivity index (χ1n) is 11.4. The summed E-state index contributed by atoms with van der Waals surface area (Å²) in [7, 11) is 0. The van der Waals surface area contributed by atoms with E-state index in [4.69, 9.17) is 16.7 Å². The van der Waals surface area contributed by atoms with Crippen LogP contribution in [0.2, 0.25) is 5.02 Å². The van der Waals surface area contributed by atoms with Crippen LogP contribution >= 0.6 is 11.6 Å². The molecule has 2 saturated carbocycles. The highest BCUT2D eigenvalue weighted by atomic mass is 35.5. The second-order valence-electron chi connectivity index (χ2n) is 10.3. The van der Waals surface area contributed by atoms with Gasteiger partial charge in [-0.2, -0.15) is 5.10 Å². The zero-order valence-corrected chi connectivity index (χ0v) is 19.1. The third-order valence-electron chi connectivity index (χ3n) is 8.72. The molecular weight excluding hydrogens is 380 g/mol. The maximum absolute atomic E-state index is 13.3. The molecule has 29 heavy (non-hydrogen) atoms. The molecule has 4 heteroatoms. The van der Waals surface area contributed by atoms with Gasteiger partial charge in [0.05, 0.1) is 6.04 Å². The molecule has 0 spiro atoms. The van der Waals surface area contributed by atoms with Gasteiger partial charge in [-0.05, 0) is 66.0 Å². The van der Waals surface area contributed by atoms with E-state index in [1.54, 1.807) is 0 Å². The van der Waals surface area contributed by atoms with Gasteiger partial charge in [0.1, 0.15) is 5.71 Å². The lowest BCUT2D eigenvalue weighted by Crippen LogP contribution is -2.34. The fraction of sp³-hybridized carbons (Fsp3) is 0.680. The molecule has 1 aliphatic heterocycles. The van der Waals surface area contributed by atoms with Crippen LogP contribution in [0.25, 0.3) is 0 Å². The van der Waals surface area contributed by atoms with Crippen molar-refractivity contribution in [2.75, 3.05) is 6.54 Å². The van der Waals surface area contributed by atoms with Crippen LogP contribution in [0.15, 0.2) is 29.4 Å². The minimum atomic E-state index is 0.157. The maximum atomic E-state index is 13.3. The van der Waals surface area contributed by atoms with E-state index in [2.05, 4.69) is 44.8 Å². The Kier molecular flexibility index (Phi) is 5.57. The highest BCUT2D eigenvalue weighted by molar-refractivity contribution is 6.40. The third kappa shape index (κ3) is 3.54. The first-order valence-corrected chi connectivity index (χ1v) is 11.8. The Morgan fingerprint density at radius 1 is 1.24 bits per heavy atom. The average molecular weight is 415 g/mol. The Morgan fingerprint density at radius 3 is 2.55 bits per heavy atom. The van der Waals surface area contributed by atoms with Gasteiger partial charge in [-0.1, -0.05) is 57.8 Å². The van der Waals surface area contributed by atoms with Gasteiger partial charge in [-0.3, -0.25) is 9.80 Å². The lowest BCUT2D eigenvalue weighted by Gasteiger charge is -2.39. The van der Waals surface area contributed by atoms with Gasteiger partial charge in [0, 0.05) is 24.4 Å². The summed E-state index contributed by atoms with van der Waals surface area (Å²) in [6, 6.07) is 8.19. The van der Waals surface area contributed by atoms with Crippen LogP contribution in [0.1, 0.15) is 84.2 Å². The molecule has 158 valence electrons. The predicted octanol–water partition coefficient (Wildman–Crippen LogP) is 6.66. The number of fused-ring (bicyclic) bond motifs is 2. The highest BCUT2D eigenvalue weighted by Gasteiger charge is 2.61. The largest absolute Gasteiger partial charge is 0.293 e. The van der Waals surface area contributed by atoms with Gasteiger partial charge in [0.2, 0.25) is 0 Å². The number of Topliss-reactive ketones (excluding diaryl/α,β-unsaturated/α-hetero) is 1. The van der Waals surface area contributed by atoms with Crippen LogP contribution in [0.4, 0.5) is 0 Å².